The Hall–Kier alpha value is -1.55. The maximum absolute atomic E-state index is 12.3. The minimum absolute atomic E-state index is 0.0759. The van der Waals surface area contributed by atoms with E-state index in [0.29, 0.717) is 13.1 Å². The van der Waals surface area contributed by atoms with Gasteiger partial charge in [-0.15, -0.1) is 0 Å². The van der Waals surface area contributed by atoms with E-state index in [1.807, 2.05) is 25.7 Å². The highest BCUT2D eigenvalue weighted by atomic mass is 16.6. The Balaban J connectivity index is 2.18. The van der Waals surface area contributed by atoms with Gasteiger partial charge in [0, 0.05) is 19.6 Å². The van der Waals surface area contributed by atoms with E-state index in [9.17, 15) is 4.79 Å². The van der Waals surface area contributed by atoms with Crippen LogP contribution in [0.15, 0.2) is 24.3 Å². The van der Waals surface area contributed by atoms with Gasteiger partial charge in [0.1, 0.15) is 5.60 Å². The molecule has 1 aromatic rings. The first-order valence-corrected chi connectivity index (χ1v) is 8.38. The van der Waals surface area contributed by atoms with Crippen LogP contribution in [0.2, 0.25) is 0 Å². The molecule has 1 amide bonds. The van der Waals surface area contributed by atoms with Gasteiger partial charge in [0.25, 0.3) is 0 Å². The van der Waals surface area contributed by atoms with Gasteiger partial charge in [0.15, 0.2) is 0 Å². The third kappa shape index (κ3) is 4.71. The molecule has 1 heterocycles. The number of carbonyl (C=O) groups excluding carboxylic acids is 1. The summed E-state index contributed by atoms with van der Waals surface area (Å²) in [5.41, 5.74) is 2.21. The van der Waals surface area contributed by atoms with Gasteiger partial charge in [-0.3, -0.25) is 0 Å². The van der Waals surface area contributed by atoms with Gasteiger partial charge in [-0.05, 0) is 37.3 Å². The normalized spacial score (nSPS) is 19.6. The minimum atomic E-state index is -0.458. The first kappa shape index (κ1) is 17.8. The highest BCUT2D eigenvalue weighted by Crippen LogP contribution is 2.31. The van der Waals surface area contributed by atoms with Gasteiger partial charge in [-0.1, -0.05) is 45.0 Å². The van der Waals surface area contributed by atoms with Crippen LogP contribution >= 0.6 is 0 Å². The molecule has 1 aromatic carbocycles. The Morgan fingerprint density at radius 1 is 1.17 bits per heavy atom. The quantitative estimate of drug-likeness (QED) is 0.855. The first-order valence-electron chi connectivity index (χ1n) is 8.38. The van der Waals surface area contributed by atoms with E-state index in [1.54, 1.807) is 0 Å². The summed E-state index contributed by atoms with van der Waals surface area (Å²) in [6.07, 6.45) is -0.225. The van der Waals surface area contributed by atoms with Gasteiger partial charge >= 0.3 is 6.09 Å². The Labute approximate surface area is 140 Å². The second-order valence-electron chi connectivity index (χ2n) is 8.27. The van der Waals surface area contributed by atoms with E-state index in [2.05, 4.69) is 50.4 Å². The van der Waals surface area contributed by atoms with Gasteiger partial charge < -0.3 is 15.0 Å². The monoisotopic (exact) mass is 318 g/mol. The van der Waals surface area contributed by atoms with Crippen LogP contribution in [-0.2, 0) is 10.2 Å². The molecule has 4 nitrogen and oxygen atoms in total. The Kier molecular flexibility index (Phi) is 5.04. The fraction of sp³-hybridized carbons (Fsp3) is 0.632. The predicted molar refractivity (Wildman–Crippen MR) is 93.7 cm³/mol. The molecular formula is C19H30N2O2. The van der Waals surface area contributed by atoms with Crippen molar-refractivity contribution in [3.8, 4) is 0 Å². The maximum atomic E-state index is 12.3. The lowest BCUT2D eigenvalue weighted by atomic mass is 9.81. The van der Waals surface area contributed by atoms with Crippen molar-refractivity contribution in [2.75, 3.05) is 19.6 Å². The van der Waals surface area contributed by atoms with Crippen LogP contribution in [0.5, 0.6) is 0 Å². The number of benzene rings is 1. The van der Waals surface area contributed by atoms with Crippen molar-refractivity contribution >= 4 is 6.09 Å². The molecule has 1 aliphatic rings. The Bertz CT molecular complexity index is 555. The van der Waals surface area contributed by atoms with E-state index >= 15 is 0 Å². The molecule has 1 aliphatic heterocycles. The number of ether oxygens (including phenoxy) is 1. The van der Waals surface area contributed by atoms with Crippen molar-refractivity contribution in [3.63, 3.8) is 0 Å². The molecule has 0 radical (unpaired) electrons. The SMILES string of the molecule is CC(C)(C)OC(=O)N1CCNC(c2ccccc2C(C)(C)C)C1. The summed E-state index contributed by atoms with van der Waals surface area (Å²) >= 11 is 0. The average Bonchev–Trinajstić information content (AvgIpc) is 2.45. The van der Waals surface area contributed by atoms with Crippen molar-refractivity contribution in [1.29, 1.82) is 0 Å². The molecule has 1 saturated heterocycles. The van der Waals surface area contributed by atoms with E-state index in [1.165, 1.54) is 11.1 Å². The molecule has 0 bridgehead atoms. The topological polar surface area (TPSA) is 41.6 Å². The van der Waals surface area contributed by atoms with Crippen molar-refractivity contribution in [2.24, 2.45) is 0 Å². The summed E-state index contributed by atoms with van der Waals surface area (Å²) in [5.74, 6) is 0. The lowest BCUT2D eigenvalue weighted by Gasteiger charge is -2.37. The fourth-order valence-electron chi connectivity index (χ4n) is 2.93. The zero-order valence-electron chi connectivity index (χ0n) is 15.3. The highest BCUT2D eigenvalue weighted by molar-refractivity contribution is 5.68. The average molecular weight is 318 g/mol. The van der Waals surface area contributed by atoms with Crippen molar-refractivity contribution in [2.45, 2.75) is 58.6 Å². The van der Waals surface area contributed by atoms with Crippen LogP contribution < -0.4 is 5.32 Å². The summed E-state index contributed by atoms with van der Waals surface area (Å²) in [7, 11) is 0. The smallest absolute Gasteiger partial charge is 0.410 e. The standard InChI is InChI=1S/C19H30N2O2/c1-18(2,3)15-10-8-7-9-14(15)16-13-21(12-11-20-16)17(22)23-19(4,5)6/h7-10,16,20H,11-13H2,1-6H3. The lowest BCUT2D eigenvalue weighted by Crippen LogP contribution is -2.50. The van der Waals surface area contributed by atoms with Crippen LogP contribution in [0.25, 0.3) is 0 Å². The number of hydrogen-bond acceptors (Lipinski definition) is 3. The first-order chi connectivity index (χ1) is 10.6. The number of amides is 1. The van der Waals surface area contributed by atoms with Gasteiger partial charge in [0.2, 0.25) is 0 Å². The third-order valence-corrected chi connectivity index (χ3v) is 3.97. The minimum Gasteiger partial charge on any atom is -0.444 e. The lowest BCUT2D eigenvalue weighted by molar-refractivity contribution is 0.0194. The third-order valence-electron chi connectivity index (χ3n) is 3.97. The molecule has 23 heavy (non-hydrogen) atoms. The van der Waals surface area contributed by atoms with Crippen LogP contribution in [0, 0.1) is 0 Å². The van der Waals surface area contributed by atoms with Gasteiger partial charge in [-0.25, -0.2) is 4.79 Å². The summed E-state index contributed by atoms with van der Waals surface area (Å²) < 4.78 is 5.52. The molecular weight excluding hydrogens is 288 g/mol. The number of piperazine rings is 1. The Morgan fingerprint density at radius 3 is 2.43 bits per heavy atom. The van der Waals surface area contributed by atoms with Crippen molar-refractivity contribution in [1.82, 2.24) is 10.2 Å². The molecule has 1 N–H and O–H groups in total. The summed E-state index contributed by atoms with van der Waals surface area (Å²) in [4.78, 5) is 14.2. The molecule has 128 valence electrons. The Morgan fingerprint density at radius 2 is 1.83 bits per heavy atom. The van der Waals surface area contributed by atoms with Crippen LogP contribution in [0.1, 0.15) is 58.7 Å². The van der Waals surface area contributed by atoms with Gasteiger partial charge in [-0.2, -0.15) is 0 Å². The van der Waals surface area contributed by atoms with Crippen LogP contribution in [0.4, 0.5) is 4.79 Å². The molecule has 0 spiro atoms. The van der Waals surface area contributed by atoms with Crippen LogP contribution in [0.3, 0.4) is 0 Å². The molecule has 1 atom stereocenters. The molecule has 0 aromatic heterocycles. The summed E-state index contributed by atoms with van der Waals surface area (Å²) in [5, 5.41) is 3.55. The molecule has 1 unspecified atom stereocenters. The molecule has 0 aliphatic carbocycles. The maximum Gasteiger partial charge on any atom is 0.410 e. The highest BCUT2D eigenvalue weighted by Gasteiger charge is 2.30. The van der Waals surface area contributed by atoms with E-state index in [0.717, 1.165) is 6.54 Å². The second-order valence-corrected chi connectivity index (χ2v) is 8.27. The number of rotatable bonds is 1. The van der Waals surface area contributed by atoms with Crippen molar-refractivity contribution in [3.05, 3.63) is 35.4 Å². The summed E-state index contributed by atoms with van der Waals surface area (Å²) in [6, 6.07) is 8.64. The molecule has 4 heteroatoms. The molecule has 2 rings (SSSR count). The van der Waals surface area contributed by atoms with E-state index in [4.69, 9.17) is 4.74 Å². The zero-order valence-corrected chi connectivity index (χ0v) is 15.3. The number of nitrogens with one attached hydrogen (secondary N) is 1. The van der Waals surface area contributed by atoms with Gasteiger partial charge in [0.05, 0.1) is 6.04 Å². The number of hydrogen-bond donors (Lipinski definition) is 1. The predicted octanol–water partition coefficient (Wildman–Crippen LogP) is 3.87. The molecule has 0 saturated carbocycles. The van der Waals surface area contributed by atoms with Crippen LogP contribution in [-0.4, -0.2) is 36.2 Å². The molecule has 1 fully saturated rings. The number of carbonyl (C=O) groups is 1. The largest absolute Gasteiger partial charge is 0.444 e. The number of nitrogens with zero attached hydrogens (tertiary/aromatic N) is 1. The second kappa shape index (κ2) is 6.52. The summed E-state index contributed by atoms with van der Waals surface area (Å²) in [6.45, 7) is 14.5. The van der Waals surface area contributed by atoms with Crippen molar-refractivity contribution < 1.29 is 9.53 Å². The fourth-order valence-corrected chi connectivity index (χ4v) is 2.93. The zero-order chi connectivity index (χ0) is 17.3. The van der Waals surface area contributed by atoms with E-state index in [-0.39, 0.29) is 17.6 Å². The van der Waals surface area contributed by atoms with E-state index < -0.39 is 5.60 Å².